The van der Waals surface area contributed by atoms with Crippen molar-refractivity contribution in [3.63, 3.8) is 0 Å². The van der Waals surface area contributed by atoms with E-state index in [2.05, 4.69) is 24.1 Å². The van der Waals surface area contributed by atoms with E-state index >= 15 is 0 Å². The van der Waals surface area contributed by atoms with Crippen molar-refractivity contribution in [2.24, 2.45) is 5.92 Å². The maximum absolute atomic E-state index is 3.53. The third kappa shape index (κ3) is 2.12. The summed E-state index contributed by atoms with van der Waals surface area (Å²) in [6, 6.07) is 1.69. The summed E-state index contributed by atoms with van der Waals surface area (Å²) in [6.45, 7) is 8.39. The SMILES string of the molecule is CC(C)C1CNCCN1C1CCCC1. The molecule has 14 heavy (non-hydrogen) atoms. The van der Waals surface area contributed by atoms with Crippen LogP contribution in [0.4, 0.5) is 0 Å². The first-order chi connectivity index (χ1) is 6.79. The zero-order valence-electron chi connectivity index (χ0n) is 9.63. The van der Waals surface area contributed by atoms with Gasteiger partial charge in [-0.3, -0.25) is 4.90 Å². The minimum absolute atomic E-state index is 0.784. The molecule has 82 valence electrons. The first kappa shape index (κ1) is 10.4. The van der Waals surface area contributed by atoms with Gasteiger partial charge in [-0.05, 0) is 18.8 Å². The van der Waals surface area contributed by atoms with Crippen LogP contribution in [0.3, 0.4) is 0 Å². The Morgan fingerprint density at radius 2 is 1.93 bits per heavy atom. The van der Waals surface area contributed by atoms with E-state index in [0.717, 1.165) is 18.0 Å². The number of nitrogens with zero attached hydrogens (tertiary/aromatic N) is 1. The quantitative estimate of drug-likeness (QED) is 0.725. The van der Waals surface area contributed by atoms with Crippen LogP contribution in [0.2, 0.25) is 0 Å². The number of piperazine rings is 1. The molecule has 2 heteroatoms. The average Bonchev–Trinajstić information content (AvgIpc) is 2.70. The molecule has 2 fully saturated rings. The first-order valence-corrected chi connectivity index (χ1v) is 6.25. The lowest BCUT2D eigenvalue weighted by Gasteiger charge is -2.42. The number of nitrogens with one attached hydrogen (secondary N) is 1. The lowest BCUT2D eigenvalue weighted by atomic mass is 9.98. The third-order valence-electron chi connectivity index (χ3n) is 3.89. The molecule has 0 radical (unpaired) electrons. The summed E-state index contributed by atoms with van der Waals surface area (Å²) in [4.78, 5) is 2.79. The fourth-order valence-corrected chi connectivity index (χ4v) is 3.05. The first-order valence-electron chi connectivity index (χ1n) is 6.25. The van der Waals surface area contributed by atoms with Crippen molar-refractivity contribution in [3.05, 3.63) is 0 Å². The molecule has 1 saturated carbocycles. The maximum Gasteiger partial charge on any atom is 0.0247 e. The Balaban J connectivity index is 1.98. The van der Waals surface area contributed by atoms with Gasteiger partial charge in [0.05, 0.1) is 0 Å². The van der Waals surface area contributed by atoms with Crippen LogP contribution in [-0.4, -0.2) is 36.6 Å². The monoisotopic (exact) mass is 196 g/mol. The highest BCUT2D eigenvalue weighted by Crippen LogP contribution is 2.27. The molecule has 1 atom stereocenters. The van der Waals surface area contributed by atoms with E-state index in [1.165, 1.54) is 45.3 Å². The van der Waals surface area contributed by atoms with E-state index in [1.807, 2.05) is 0 Å². The van der Waals surface area contributed by atoms with Crippen LogP contribution in [0, 0.1) is 5.92 Å². The van der Waals surface area contributed by atoms with Crippen LogP contribution in [0.15, 0.2) is 0 Å². The molecule has 2 nitrogen and oxygen atoms in total. The Labute approximate surface area is 88.1 Å². The maximum atomic E-state index is 3.53. The van der Waals surface area contributed by atoms with Gasteiger partial charge in [0.15, 0.2) is 0 Å². The molecule has 1 saturated heterocycles. The van der Waals surface area contributed by atoms with Crippen molar-refractivity contribution >= 4 is 0 Å². The molecule has 1 unspecified atom stereocenters. The second kappa shape index (κ2) is 4.63. The lowest BCUT2D eigenvalue weighted by molar-refractivity contribution is 0.0793. The van der Waals surface area contributed by atoms with Crippen molar-refractivity contribution in [2.75, 3.05) is 19.6 Å². The topological polar surface area (TPSA) is 15.3 Å². The molecular formula is C12H24N2. The van der Waals surface area contributed by atoms with Gasteiger partial charge in [0.1, 0.15) is 0 Å². The minimum Gasteiger partial charge on any atom is -0.314 e. The van der Waals surface area contributed by atoms with Crippen LogP contribution in [0.25, 0.3) is 0 Å². The van der Waals surface area contributed by atoms with Crippen molar-refractivity contribution in [1.82, 2.24) is 10.2 Å². The molecule has 1 aliphatic heterocycles. The van der Waals surface area contributed by atoms with E-state index in [-0.39, 0.29) is 0 Å². The van der Waals surface area contributed by atoms with E-state index in [9.17, 15) is 0 Å². The van der Waals surface area contributed by atoms with E-state index in [1.54, 1.807) is 0 Å². The molecule has 0 spiro atoms. The predicted molar refractivity (Wildman–Crippen MR) is 60.5 cm³/mol. The highest BCUT2D eigenvalue weighted by Gasteiger charge is 2.31. The van der Waals surface area contributed by atoms with Crippen LogP contribution >= 0.6 is 0 Å². The molecule has 0 aromatic heterocycles. The molecule has 1 aliphatic carbocycles. The highest BCUT2D eigenvalue weighted by molar-refractivity contribution is 4.88. The molecular weight excluding hydrogens is 172 g/mol. The largest absolute Gasteiger partial charge is 0.314 e. The summed E-state index contributed by atoms with van der Waals surface area (Å²) in [5, 5.41) is 3.53. The predicted octanol–water partition coefficient (Wildman–Crippen LogP) is 1.86. The summed E-state index contributed by atoms with van der Waals surface area (Å²) in [5.74, 6) is 0.795. The zero-order chi connectivity index (χ0) is 9.97. The number of rotatable bonds is 2. The fraction of sp³-hybridized carbons (Fsp3) is 1.00. The summed E-state index contributed by atoms with van der Waals surface area (Å²) >= 11 is 0. The Kier molecular flexibility index (Phi) is 3.45. The number of hydrogen-bond acceptors (Lipinski definition) is 2. The molecule has 0 bridgehead atoms. The van der Waals surface area contributed by atoms with Gasteiger partial charge in [-0.15, -0.1) is 0 Å². The summed E-state index contributed by atoms with van der Waals surface area (Å²) in [7, 11) is 0. The third-order valence-corrected chi connectivity index (χ3v) is 3.89. The van der Waals surface area contributed by atoms with E-state index < -0.39 is 0 Å². The minimum atomic E-state index is 0.784. The molecule has 0 aromatic carbocycles. The van der Waals surface area contributed by atoms with Gasteiger partial charge in [0.25, 0.3) is 0 Å². The van der Waals surface area contributed by atoms with Gasteiger partial charge >= 0.3 is 0 Å². The van der Waals surface area contributed by atoms with E-state index in [0.29, 0.717) is 0 Å². The van der Waals surface area contributed by atoms with Crippen molar-refractivity contribution < 1.29 is 0 Å². The van der Waals surface area contributed by atoms with Crippen LogP contribution in [-0.2, 0) is 0 Å². The van der Waals surface area contributed by atoms with Crippen LogP contribution < -0.4 is 5.32 Å². The molecule has 1 N–H and O–H groups in total. The Morgan fingerprint density at radius 3 is 2.57 bits per heavy atom. The highest BCUT2D eigenvalue weighted by atomic mass is 15.2. The van der Waals surface area contributed by atoms with Gasteiger partial charge in [-0.25, -0.2) is 0 Å². The van der Waals surface area contributed by atoms with Gasteiger partial charge in [0.2, 0.25) is 0 Å². The van der Waals surface area contributed by atoms with Gasteiger partial charge in [-0.2, -0.15) is 0 Å². The molecule has 0 aromatic rings. The van der Waals surface area contributed by atoms with Gasteiger partial charge in [0, 0.05) is 31.7 Å². The molecule has 1 heterocycles. The van der Waals surface area contributed by atoms with Gasteiger partial charge < -0.3 is 5.32 Å². The summed E-state index contributed by atoms with van der Waals surface area (Å²) < 4.78 is 0. The molecule has 2 aliphatic rings. The van der Waals surface area contributed by atoms with Crippen molar-refractivity contribution in [1.29, 1.82) is 0 Å². The van der Waals surface area contributed by atoms with Crippen molar-refractivity contribution in [2.45, 2.75) is 51.6 Å². The molecule has 0 amide bonds. The lowest BCUT2D eigenvalue weighted by Crippen LogP contribution is -2.56. The fourth-order valence-electron chi connectivity index (χ4n) is 3.05. The second-order valence-electron chi connectivity index (χ2n) is 5.19. The smallest absolute Gasteiger partial charge is 0.0247 e. The normalized spacial score (nSPS) is 31.5. The summed E-state index contributed by atoms with van der Waals surface area (Å²) in [6.07, 6.45) is 5.81. The summed E-state index contributed by atoms with van der Waals surface area (Å²) in [5.41, 5.74) is 0. The van der Waals surface area contributed by atoms with Gasteiger partial charge in [-0.1, -0.05) is 26.7 Å². The van der Waals surface area contributed by atoms with Crippen LogP contribution in [0.1, 0.15) is 39.5 Å². The van der Waals surface area contributed by atoms with E-state index in [4.69, 9.17) is 0 Å². The van der Waals surface area contributed by atoms with Crippen LogP contribution in [0.5, 0.6) is 0 Å². The average molecular weight is 196 g/mol. The van der Waals surface area contributed by atoms with Crippen molar-refractivity contribution in [3.8, 4) is 0 Å². The second-order valence-corrected chi connectivity index (χ2v) is 5.19. The zero-order valence-corrected chi connectivity index (χ0v) is 9.63. The Bertz CT molecular complexity index is 173. The standard InChI is InChI=1S/C12H24N2/c1-10(2)12-9-13-7-8-14(12)11-5-3-4-6-11/h10-13H,3-9H2,1-2H3. The Morgan fingerprint density at radius 1 is 1.21 bits per heavy atom. The molecule has 2 rings (SSSR count). The number of hydrogen-bond donors (Lipinski definition) is 1. The Hall–Kier alpha value is -0.0800.